The highest BCUT2D eigenvalue weighted by molar-refractivity contribution is 6.00. The number of nitrogens with one attached hydrogen (secondary N) is 4. The highest BCUT2D eigenvalue weighted by atomic mass is 19.2. The number of hydrazine groups is 2. The van der Waals surface area contributed by atoms with Crippen molar-refractivity contribution in [3.8, 4) is 0 Å². The normalized spacial score (nSPS) is 10.7. The molecular weight excluding hydrogens is 518 g/mol. The molecule has 16 heteroatoms. The van der Waals surface area contributed by atoms with Crippen molar-refractivity contribution in [2.45, 2.75) is 0 Å². The third-order valence-corrected chi connectivity index (χ3v) is 4.41. The first kappa shape index (κ1) is 26.1. The van der Waals surface area contributed by atoms with E-state index in [1.54, 1.807) is 10.9 Å². The Morgan fingerprint density at radius 1 is 0.472 bits per heavy atom. The zero-order valence-electron chi connectivity index (χ0n) is 16.9. The lowest BCUT2D eigenvalue weighted by atomic mass is 10.1. The van der Waals surface area contributed by atoms with Crippen molar-refractivity contribution in [3.05, 3.63) is 93.6 Å². The zero-order chi connectivity index (χ0) is 26.9. The van der Waals surface area contributed by atoms with Gasteiger partial charge in [-0.2, -0.15) is 0 Å². The fourth-order valence-electron chi connectivity index (χ4n) is 2.61. The number of carbonyl (C=O) groups is 2. The number of anilines is 2. The average Bonchev–Trinajstić information content (AvgIpc) is 2.88. The van der Waals surface area contributed by atoms with Gasteiger partial charge in [0.1, 0.15) is 11.4 Å². The molecule has 0 bridgehead atoms. The van der Waals surface area contributed by atoms with E-state index < -0.39 is 92.5 Å². The second-order valence-electron chi connectivity index (χ2n) is 6.63. The van der Waals surface area contributed by atoms with Gasteiger partial charge in [-0.15, -0.1) is 0 Å². The third-order valence-electron chi connectivity index (χ3n) is 4.41. The van der Waals surface area contributed by atoms with Crippen LogP contribution >= 0.6 is 0 Å². The van der Waals surface area contributed by atoms with Gasteiger partial charge in [-0.25, -0.2) is 43.9 Å². The van der Waals surface area contributed by atoms with Gasteiger partial charge in [-0.1, -0.05) is 6.07 Å². The summed E-state index contributed by atoms with van der Waals surface area (Å²) in [6.07, 6.45) is 0. The molecule has 4 N–H and O–H groups in total. The Morgan fingerprint density at radius 2 is 0.750 bits per heavy atom. The van der Waals surface area contributed by atoms with Crippen molar-refractivity contribution >= 4 is 23.2 Å². The topological polar surface area (TPSA) is 82.3 Å². The molecule has 0 heterocycles. The summed E-state index contributed by atoms with van der Waals surface area (Å²) in [6, 6.07) is 3.93. The first-order valence-electron chi connectivity index (χ1n) is 9.12. The SMILES string of the molecule is O=C(NNc1c(F)c(F)c(F)c(F)c1F)c1cccc(C(=O)NNc2c(F)c(F)c(F)c(F)c2F)c1. The van der Waals surface area contributed by atoms with E-state index in [-0.39, 0.29) is 0 Å². The summed E-state index contributed by atoms with van der Waals surface area (Å²) >= 11 is 0. The molecule has 0 aliphatic rings. The molecule has 0 saturated heterocycles. The first-order valence-corrected chi connectivity index (χ1v) is 9.12. The van der Waals surface area contributed by atoms with E-state index in [0.29, 0.717) is 0 Å². The average molecular weight is 526 g/mol. The highest BCUT2D eigenvalue weighted by Gasteiger charge is 2.27. The van der Waals surface area contributed by atoms with E-state index in [1.807, 2.05) is 0 Å². The highest BCUT2D eigenvalue weighted by Crippen LogP contribution is 2.27. The van der Waals surface area contributed by atoms with E-state index in [2.05, 4.69) is 0 Å². The molecule has 0 aromatic heterocycles. The smallest absolute Gasteiger partial charge is 0.269 e. The summed E-state index contributed by atoms with van der Waals surface area (Å²) in [4.78, 5) is 24.4. The molecule has 3 aromatic rings. The van der Waals surface area contributed by atoms with Gasteiger partial charge in [0.25, 0.3) is 11.8 Å². The monoisotopic (exact) mass is 526 g/mol. The Hall–Kier alpha value is -4.50. The van der Waals surface area contributed by atoms with E-state index >= 15 is 0 Å². The van der Waals surface area contributed by atoms with Gasteiger partial charge in [0, 0.05) is 11.1 Å². The number of halogens is 10. The molecule has 0 unspecified atom stereocenters. The molecule has 0 aliphatic carbocycles. The molecule has 36 heavy (non-hydrogen) atoms. The summed E-state index contributed by atoms with van der Waals surface area (Å²) in [5.41, 5.74) is 2.27. The Morgan fingerprint density at radius 3 is 1.06 bits per heavy atom. The minimum absolute atomic E-state index is 0.435. The van der Waals surface area contributed by atoms with Crippen molar-refractivity contribution in [2.75, 3.05) is 10.9 Å². The van der Waals surface area contributed by atoms with Gasteiger partial charge in [0.05, 0.1) is 0 Å². The maximum atomic E-state index is 13.7. The van der Waals surface area contributed by atoms with Crippen LogP contribution in [0.5, 0.6) is 0 Å². The molecular formula is C20H8F10N4O2. The molecule has 0 atom stereocenters. The van der Waals surface area contributed by atoms with Crippen LogP contribution in [0.25, 0.3) is 0 Å². The fraction of sp³-hybridized carbons (Fsp3) is 0. The standard InChI is InChI=1S/C20H8F10N4O2/c21-7-9(23)13(27)17(14(28)10(7)24)31-33-19(35)5-2-1-3-6(4-5)20(36)34-32-18-15(29)11(25)8(22)12(26)16(18)30/h1-4,31-32H,(H,33,35)(H,34,36). The minimum atomic E-state index is -2.43. The van der Waals surface area contributed by atoms with Crippen LogP contribution in [0, 0.1) is 58.2 Å². The van der Waals surface area contributed by atoms with Crippen molar-refractivity contribution in [3.63, 3.8) is 0 Å². The summed E-state index contributed by atoms with van der Waals surface area (Å²) in [5, 5.41) is 0. The molecule has 2 amide bonds. The Kier molecular flexibility index (Phi) is 7.26. The molecule has 0 fully saturated rings. The van der Waals surface area contributed by atoms with Crippen LogP contribution < -0.4 is 21.7 Å². The lowest BCUT2D eigenvalue weighted by molar-refractivity contribution is 0.0961. The number of benzene rings is 3. The molecule has 0 saturated carbocycles. The molecule has 3 aromatic carbocycles. The summed E-state index contributed by atoms with van der Waals surface area (Å²) < 4.78 is 134. The van der Waals surface area contributed by atoms with Crippen LogP contribution in [0.2, 0.25) is 0 Å². The maximum Gasteiger partial charge on any atom is 0.269 e. The largest absolute Gasteiger partial charge is 0.293 e. The first-order chi connectivity index (χ1) is 16.9. The van der Waals surface area contributed by atoms with Gasteiger partial charge >= 0.3 is 0 Å². The van der Waals surface area contributed by atoms with Gasteiger partial charge in [-0.3, -0.25) is 31.3 Å². The van der Waals surface area contributed by atoms with E-state index in [0.717, 1.165) is 24.3 Å². The second kappa shape index (κ2) is 10.0. The lowest BCUT2D eigenvalue weighted by Crippen LogP contribution is -2.32. The molecule has 3 rings (SSSR count). The Bertz CT molecular complexity index is 1240. The van der Waals surface area contributed by atoms with Crippen LogP contribution in [0.4, 0.5) is 55.3 Å². The zero-order valence-corrected chi connectivity index (χ0v) is 16.9. The van der Waals surface area contributed by atoms with Gasteiger partial charge < -0.3 is 0 Å². The fourth-order valence-corrected chi connectivity index (χ4v) is 2.61. The predicted molar refractivity (Wildman–Crippen MR) is 101 cm³/mol. The molecule has 0 radical (unpaired) electrons. The minimum Gasteiger partial charge on any atom is -0.293 e. The predicted octanol–water partition coefficient (Wildman–Crippen LogP) is 4.59. The summed E-state index contributed by atoms with van der Waals surface area (Å²) in [5.74, 6) is -25.6. The summed E-state index contributed by atoms with van der Waals surface area (Å²) in [6.45, 7) is 0. The molecule has 6 nitrogen and oxygen atoms in total. The number of rotatable bonds is 6. The van der Waals surface area contributed by atoms with Crippen molar-refractivity contribution < 1.29 is 53.5 Å². The number of hydrogen-bond acceptors (Lipinski definition) is 4. The molecule has 0 aliphatic heterocycles. The number of carbonyl (C=O) groups excluding carboxylic acids is 2. The Labute approximate surface area is 192 Å². The van der Waals surface area contributed by atoms with E-state index in [4.69, 9.17) is 0 Å². The molecule has 0 spiro atoms. The second-order valence-corrected chi connectivity index (χ2v) is 6.63. The maximum absolute atomic E-state index is 13.7. The summed E-state index contributed by atoms with van der Waals surface area (Å²) in [7, 11) is 0. The van der Waals surface area contributed by atoms with Crippen LogP contribution in [-0.2, 0) is 0 Å². The van der Waals surface area contributed by atoms with E-state index in [9.17, 15) is 53.5 Å². The molecule has 190 valence electrons. The number of hydrogen-bond donors (Lipinski definition) is 4. The van der Waals surface area contributed by atoms with Crippen molar-refractivity contribution in [2.24, 2.45) is 0 Å². The van der Waals surface area contributed by atoms with Gasteiger partial charge in [-0.05, 0) is 18.2 Å². The van der Waals surface area contributed by atoms with Crippen LogP contribution in [0.15, 0.2) is 24.3 Å². The van der Waals surface area contributed by atoms with Gasteiger partial charge in [0.2, 0.25) is 11.6 Å². The number of amides is 2. The quantitative estimate of drug-likeness (QED) is 0.164. The third kappa shape index (κ3) is 4.69. The Balaban J connectivity index is 1.74. The van der Waals surface area contributed by atoms with Crippen molar-refractivity contribution in [1.82, 2.24) is 10.9 Å². The van der Waals surface area contributed by atoms with Crippen LogP contribution in [0.1, 0.15) is 20.7 Å². The van der Waals surface area contributed by atoms with Crippen molar-refractivity contribution in [1.29, 1.82) is 0 Å². The van der Waals surface area contributed by atoms with E-state index in [1.165, 1.54) is 10.9 Å². The van der Waals surface area contributed by atoms with Crippen LogP contribution in [-0.4, -0.2) is 11.8 Å². The lowest BCUT2D eigenvalue weighted by Gasteiger charge is -2.13. The van der Waals surface area contributed by atoms with Crippen LogP contribution in [0.3, 0.4) is 0 Å². The van der Waals surface area contributed by atoms with Gasteiger partial charge in [0.15, 0.2) is 46.5 Å².